The van der Waals surface area contributed by atoms with Crippen LogP contribution in [0, 0.1) is 0 Å². The van der Waals surface area contributed by atoms with Crippen molar-refractivity contribution in [3.05, 3.63) is 28.7 Å². The molecule has 0 amide bonds. The Morgan fingerprint density at radius 3 is 2.80 bits per heavy atom. The lowest BCUT2D eigenvalue weighted by molar-refractivity contribution is 0.117. The number of hydrogen-bond acceptors (Lipinski definition) is 4. The molecule has 0 aromatic carbocycles. The summed E-state index contributed by atoms with van der Waals surface area (Å²) < 4.78 is 26.9. The third-order valence-corrected chi connectivity index (χ3v) is 6.22. The van der Waals surface area contributed by atoms with Crippen LogP contribution in [0.2, 0.25) is 0 Å². The van der Waals surface area contributed by atoms with Crippen LogP contribution in [0.3, 0.4) is 0 Å². The summed E-state index contributed by atoms with van der Waals surface area (Å²) in [4.78, 5) is 16.0. The highest BCUT2D eigenvalue weighted by Gasteiger charge is 2.40. The molecule has 0 saturated carbocycles. The van der Waals surface area contributed by atoms with E-state index in [4.69, 9.17) is 0 Å². The molecule has 0 radical (unpaired) electrons. The zero-order chi connectivity index (χ0) is 14.3. The van der Waals surface area contributed by atoms with Gasteiger partial charge in [-0.3, -0.25) is 9.69 Å². The Kier molecular flexibility index (Phi) is 3.43. The van der Waals surface area contributed by atoms with Crippen LogP contribution in [0.25, 0.3) is 0 Å². The van der Waals surface area contributed by atoms with Gasteiger partial charge < -0.3 is 4.98 Å². The quantitative estimate of drug-likeness (QED) is 0.848. The van der Waals surface area contributed by atoms with Crippen molar-refractivity contribution >= 4 is 10.0 Å². The Labute approximate surface area is 118 Å². The van der Waals surface area contributed by atoms with E-state index in [1.807, 2.05) is 6.92 Å². The smallest absolute Gasteiger partial charge is 0.247 e. The Hall–Kier alpha value is -1.18. The van der Waals surface area contributed by atoms with Crippen LogP contribution in [0.5, 0.6) is 0 Å². The number of H-pyrrole nitrogens is 1. The first-order valence-electron chi connectivity index (χ1n) is 6.93. The molecule has 2 atom stereocenters. The molecular weight excluding hydrogens is 278 g/mol. The summed E-state index contributed by atoms with van der Waals surface area (Å²) in [5, 5.41) is 0. The van der Waals surface area contributed by atoms with Crippen LogP contribution in [0.15, 0.2) is 28.0 Å². The summed E-state index contributed by atoms with van der Waals surface area (Å²) in [6.07, 6.45) is 3.49. The highest BCUT2D eigenvalue weighted by atomic mass is 32.2. The molecule has 1 aromatic heterocycles. The predicted molar refractivity (Wildman–Crippen MR) is 75.0 cm³/mol. The van der Waals surface area contributed by atoms with Crippen molar-refractivity contribution in [3.63, 3.8) is 0 Å². The van der Waals surface area contributed by atoms with E-state index >= 15 is 0 Å². The fraction of sp³-hybridized carbons (Fsp3) is 0.615. The fourth-order valence-corrected chi connectivity index (χ4v) is 4.81. The second-order valence-corrected chi connectivity index (χ2v) is 7.49. The number of aromatic nitrogens is 1. The summed E-state index contributed by atoms with van der Waals surface area (Å²) in [6.45, 7) is 4.34. The van der Waals surface area contributed by atoms with Gasteiger partial charge in [0.25, 0.3) is 0 Å². The van der Waals surface area contributed by atoms with E-state index in [9.17, 15) is 13.2 Å². The topological polar surface area (TPSA) is 73.5 Å². The summed E-state index contributed by atoms with van der Waals surface area (Å²) >= 11 is 0. The second kappa shape index (κ2) is 4.98. The highest BCUT2D eigenvalue weighted by Crippen LogP contribution is 2.28. The van der Waals surface area contributed by atoms with Gasteiger partial charge in [0.15, 0.2) is 0 Å². The second-order valence-electron chi connectivity index (χ2n) is 5.60. The lowest BCUT2D eigenvalue weighted by Gasteiger charge is -2.41. The van der Waals surface area contributed by atoms with Crippen molar-refractivity contribution in [2.45, 2.75) is 36.7 Å². The predicted octanol–water partition coefficient (Wildman–Crippen LogP) is 0.232. The standard InChI is InChI=1S/C13H19N3O3S/c1-10-8-15-6-2-3-11(15)9-16(10)20(18,19)12-4-5-13(17)14-7-12/h4-5,7,10-11H,2-3,6,8-9H2,1H3,(H,14,17). The van der Waals surface area contributed by atoms with Gasteiger partial charge in [0.05, 0.1) is 4.90 Å². The summed E-state index contributed by atoms with van der Waals surface area (Å²) in [6, 6.07) is 2.93. The molecule has 0 aliphatic carbocycles. The highest BCUT2D eigenvalue weighted by molar-refractivity contribution is 7.89. The molecule has 7 heteroatoms. The zero-order valence-corrected chi connectivity index (χ0v) is 12.3. The van der Waals surface area contributed by atoms with Gasteiger partial charge in [-0.25, -0.2) is 8.42 Å². The molecule has 20 heavy (non-hydrogen) atoms. The third kappa shape index (κ3) is 2.30. The van der Waals surface area contributed by atoms with Gasteiger partial charge in [-0.05, 0) is 32.4 Å². The maximum Gasteiger partial charge on any atom is 0.247 e. The monoisotopic (exact) mass is 297 g/mol. The average Bonchev–Trinajstić information content (AvgIpc) is 2.85. The number of nitrogens with one attached hydrogen (secondary N) is 1. The largest absolute Gasteiger partial charge is 0.328 e. The molecule has 2 saturated heterocycles. The van der Waals surface area contributed by atoms with E-state index in [1.165, 1.54) is 18.3 Å². The molecular formula is C13H19N3O3S. The van der Waals surface area contributed by atoms with Gasteiger partial charge in [-0.1, -0.05) is 0 Å². The van der Waals surface area contributed by atoms with Crippen molar-refractivity contribution in [1.29, 1.82) is 0 Å². The fourth-order valence-electron chi connectivity index (χ4n) is 3.19. The Balaban J connectivity index is 1.90. The first-order chi connectivity index (χ1) is 9.48. The molecule has 3 heterocycles. The minimum atomic E-state index is -3.53. The van der Waals surface area contributed by atoms with E-state index in [0.29, 0.717) is 12.6 Å². The molecule has 110 valence electrons. The Morgan fingerprint density at radius 1 is 1.30 bits per heavy atom. The van der Waals surface area contributed by atoms with Gasteiger partial charge >= 0.3 is 0 Å². The normalized spacial score (nSPS) is 28.4. The van der Waals surface area contributed by atoms with Crippen LogP contribution in [0.4, 0.5) is 0 Å². The number of pyridine rings is 1. The summed E-state index contributed by atoms with van der Waals surface area (Å²) in [5.41, 5.74) is -0.294. The van der Waals surface area contributed by atoms with Gasteiger partial charge in [0, 0.05) is 37.4 Å². The van der Waals surface area contributed by atoms with Crippen molar-refractivity contribution in [3.8, 4) is 0 Å². The van der Waals surface area contributed by atoms with Crippen LogP contribution < -0.4 is 5.56 Å². The molecule has 3 rings (SSSR count). The first kappa shape index (κ1) is 13.8. The van der Waals surface area contributed by atoms with Crippen molar-refractivity contribution in [2.75, 3.05) is 19.6 Å². The molecule has 2 aliphatic rings. The van der Waals surface area contributed by atoms with Crippen molar-refractivity contribution < 1.29 is 8.42 Å². The molecule has 1 N–H and O–H groups in total. The summed E-state index contributed by atoms with van der Waals surface area (Å²) in [5.74, 6) is 0. The van der Waals surface area contributed by atoms with Crippen LogP contribution in [0.1, 0.15) is 19.8 Å². The first-order valence-corrected chi connectivity index (χ1v) is 8.37. The Bertz CT molecular complexity index is 635. The molecule has 6 nitrogen and oxygen atoms in total. The van der Waals surface area contributed by atoms with E-state index < -0.39 is 10.0 Å². The number of aromatic amines is 1. The van der Waals surface area contributed by atoms with E-state index in [0.717, 1.165) is 25.9 Å². The maximum atomic E-state index is 12.7. The molecule has 2 aliphatic heterocycles. The Morgan fingerprint density at radius 2 is 2.10 bits per heavy atom. The molecule has 0 bridgehead atoms. The average molecular weight is 297 g/mol. The van der Waals surface area contributed by atoms with Gasteiger partial charge in [0.1, 0.15) is 0 Å². The van der Waals surface area contributed by atoms with Crippen molar-refractivity contribution in [1.82, 2.24) is 14.2 Å². The minimum absolute atomic E-state index is 0.0405. The van der Waals surface area contributed by atoms with Crippen LogP contribution >= 0.6 is 0 Å². The zero-order valence-electron chi connectivity index (χ0n) is 11.4. The number of piperazine rings is 1. The van der Waals surface area contributed by atoms with Crippen LogP contribution in [-0.4, -0.2) is 54.3 Å². The molecule has 2 unspecified atom stereocenters. The number of fused-ring (bicyclic) bond motifs is 1. The number of sulfonamides is 1. The third-order valence-electron chi connectivity index (χ3n) is 4.24. The molecule has 0 spiro atoms. The van der Waals surface area contributed by atoms with E-state index in [1.54, 1.807) is 4.31 Å². The SMILES string of the molecule is CC1CN2CCCC2CN1S(=O)(=O)c1ccc(=O)[nH]c1. The maximum absolute atomic E-state index is 12.7. The lowest BCUT2D eigenvalue weighted by atomic mass is 10.1. The van der Waals surface area contributed by atoms with E-state index in [-0.39, 0.29) is 16.5 Å². The van der Waals surface area contributed by atoms with Crippen molar-refractivity contribution in [2.24, 2.45) is 0 Å². The number of hydrogen-bond donors (Lipinski definition) is 1. The van der Waals surface area contributed by atoms with Crippen LogP contribution in [-0.2, 0) is 10.0 Å². The summed E-state index contributed by atoms with van der Waals surface area (Å²) in [7, 11) is -3.53. The minimum Gasteiger partial charge on any atom is -0.328 e. The van der Waals surface area contributed by atoms with Gasteiger partial charge in [0.2, 0.25) is 15.6 Å². The molecule has 2 fully saturated rings. The van der Waals surface area contributed by atoms with Gasteiger partial charge in [-0.2, -0.15) is 4.31 Å². The molecule has 1 aromatic rings. The van der Waals surface area contributed by atoms with E-state index in [2.05, 4.69) is 9.88 Å². The number of nitrogens with zero attached hydrogens (tertiary/aromatic N) is 2. The number of rotatable bonds is 2. The lowest BCUT2D eigenvalue weighted by Crippen LogP contribution is -2.56. The van der Waals surface area contributed by atoms with Gasteiger partial charge in [-0.15, -0.1) is 0 Å².